The number of amides is 1. The first-order valence-electron chi connectivity index (χ1n) is 9.19. The lowest BCUT2D eigenvalue weighted by molar-refractivity contribution is -0.115. The van der Waals surface area contributed by atoms with E-state index in [1.54, 1.807) is 12.5 Å². The fourth-order valence-corrected chi connectivity index (χ4v) is 3.07. The summed E-state index contributed by atoms with van der Waals surface area (Å²) in [5.74, 6) is 0.729. The summed E-state index contributed by atoms with van der Waals surface area (Å²) in [6, 6.07) is 15.8. The van der Waals surface area contributed by atoms with Gasteiger partial charge in [0, 0.05) is 23.4 Å². The number of aromatic nitrogens is 3. The van der Waals surface area contributed by atoms with E-state index in [9.17, 15) is 4.79 Å². The van der Waals surface area contributed by atoms with E-state index < -0.39 is 0 Å². The van der Waals surface area contributed by atoms with Gasteiger partial charge in [-0.2, -0.15) is 0 Å². The van der Waals surface area contributed by atoms with Crippen molar-refractivity contribution in [2.75, 3.05) is 10.6 Å². The van der Waals surface area contributed by atoms with Crippen molar-refractivity contribution in [3.8, 4) is 11.3 Å². The predicted molar refractivity (Wildman–Crippen MR) is 112 cm³/mol. The molecule has 0 fully saturated rings. The summed E-state index contributed by atoms with van der Waals surface area (Å²) in [7, 11) is 0. The molecule has 2 aromatic carbocycles. The van der Waals surface area contributed by atoms with Crippen LogP contribution in [0.1, 0.15) is 18.9 Å². The van der Waals surface area contributed by atoms with Crippen LogP contribution in [0.3, 0.4) is 0 Å². The average Bonchev–Trinajstić information content (AvgIpc) is 3.20. The summed E-state index contributed by atoms with van der Waals surface area (Å²) < 4.78 is 1.99. The molecule has 0 saturated carbocycles. The monoisotopic (exact) mass is 371 g/mol. The summed E-state index contributed by atoms with van der Waals surface area (Å²) in [6.45, 7) is 3.89. The van der Waals surface area contributed by atoms with E-state index in [4.69, 9.17) is 0 Å². The normalized spacial score (nSPS) is 10.8. The van der Waals surface area contributed by atoms with Crippen LogP contribution in [-0.4, -0.2) is 20.3 Å². The van der Waals surface area contributed by atoms with Crippen LogP contribution in [0.15, 0.2) is 67.3 Å². The molecule has 4 aromatic rings. The third-order valence-corrected chi connectivity index (χ3v) is 4.62. The van der Waals surface area contributed by atoms with Gasteiger partial charge in [0.25, 0.3) is 0 Å². The van der Waals surface area contributed by atoms with Gasteiger partial charge in [-0.15, -0.1) is 0 Å². The predicted octanol–water partition coefficient (Wildman–Crippen LogP) is 4.80. The highest BCUT2D eigenvalue weighted by atomic mass is 16.1. The third-order valence-electron chi connectivity index (χ3n) is 4.62. The standard InChI is InChI=1S/C22H21N5O/c1-3-21(28)25-17-9-6-8-16(11-17)19-13-24-22(20-12-23-14-27(19)20)26-18-10-5-4-7-15(18)2/h4-14H,3H2,1-2H3,(H,24,26)(H,25,28). The van der Waals surface area contributed by atoms with E-state index >= 15 is 0 Å². The van der Waals surface area contributed by atoms with Gasteiger partial charge in [0.15, 0.2) is 5.82 Å². The molecule has 0 radical (unpaired) electrons. The average molecular weight is 371 g/mol. The Hall–Kier alpha value is -3.67. The number of benzene rings is 2. The zero-order chi connectivity index (χ0) is 19.5. The second-order valence-electron chi connectivity index (χ2n) is 6.56. The van der Waals surface area contributed by atoms with Crippen molar-refractivity contribution in [1.82, 2.24) is 14.4 Å². The van der Waals surface area contributed by atoms with Crippen molar-refractivity contribution in [3.05, 3.63) is 72.8 Å². The molecule has 2 aromatic heterocycles. The zero-order valence-corrected chi connectivity index (χ0v) is 15.8. The summed E-state index contributed by atoms with van der Waals surface area (Å²) >= 11 is 0. The highest BCUT2D eigenvalue weighted by Gasteiger charge is 2.11. The maximum atomic E-state index is 11.7. The molecule has 1 amide bonds. The fraction of sp³-hybridized carbons (Fsp3) is 0.136. The van der Waals surface area contributed by atoms with Gasteiger partial charge in [0.2, 0.25) is 5.91 Å². The Balaban J connectivity index is 1.73. The molecule has 6 heteroatoms. The lowest BCUT2D eigenvalue weighted by Crippen LogP contribution is -2.09. The quantitative estimate of drug-likeness (QED) is 0.529. The van der Waals surface area contributed by atoms with Gasteiger partial charge in [0.1, 0.15) is 5.52 Å². The number of rotatable bonds is 5. The Kier molecular flexibility index (Phi) is 4.76. The topological polar surface area (TPSA) is 71.3 Å². The summed E-state index contributed by atoms with van der Waals surface area (Å²) in [4.78, 5) is 20.6. The minimum atomic E-state index is -0.0131. The number of carbonyl (C=O) groups is 1. The van der Waals surface area contributed by atoms with Crippen molar-refractivity contribution >= 4 is 28.6 Å². The van der Waals surface area contributed by atoms with Gasteiger partial charge in [-0.1, -0.05) is 37.3 Å². The lowest BCUT2D eigenvalue weighted by Gasteiger charge is -2.13. The molecule has 0 saturated heterocycles. The number of nitrogens with zero attached hydrogens (tertiary/aromatic N) is 3. The lowest BCUT2D eigenvalue weighted by atomic mass is 10.1. The van der Waals surface area contributed by atoms with E-state index in [2.05, 4.69) is 33.6 Å². The molecule has 2 heterocycles. The van der Waals surface area contributed by atoms with E-state index in [1.165, 1.54) is 0 Å². The molecule has 140 valence electrons. The van der Waals surface area contributed by atoms with Crippen molar-refractivity contribution in [2.45, 2.75) is 20.3 Å². The molecule has 0 aliphatic heterocycles. The maximum absolute atomic E-state index is 11.7. The number of para-hydroxylation sites is 1. The van der Waals surface area contributed by atoms with E-state index in [1.807, 2.05) is 60.0 Å². The Morgan fingerprint density at radius 2 is 1.96 bits per heavy atom. The second-order valence-corrected chi connectivity index (χ2v) is 6.56. The third kappa shape index (κ3) is 3.44. The van der Waals surface area contributed by atoms with Crippen molar-refractivity contribution < 1.29 is 4.79 Å². The van der Waals surface area contributed by atoms with Gasteiger partial charge in [0.05, 0.1) is 24.4 Å². The van der Waals surface area contributed by atoms with Crippen molar-refractivity contribution in [1.29, 1.82) is 0 Å². The highest BCUT2D eigenvalue weighted by Crippen LogP contribution is 2.28. The number of imidazole rings is 1. The fourth-order valence-electron chi connectivity index (χ4n) is 3.07. The number of fused-ring (bicyclic) bond motifs is 1. The Labute approximate surface area is 163 Å². The van der Waals surface area contributed by atoms with Crippen LogP contribution in [0.4, 0.5) is 17.2 Å². The van der Waals surface area contributed by atoms with Crippen LogP contribution in [0.25, 0.3) is 16.8 Å². The van der Waals surface area contributed by atoms with Crippen LogP contribution >= 0.6 is 0 Å². The Morgan fingerprint density at radius 3 is 2.79 bits per heavy atom. The largest absolute Gasteiger partial charge is 0.338 e. The SMILES string of the molecule is CCC(=O)Nc1cccc(-c2cnc(Nc3ccccc3C)c3cncn23)c1. The molecule has 6 nitrogen and oxygen atoms in total. The molecule has 2 N–H and O–H groups in total. The number of aryl methyl sites for hydroxylation is 1. The molecule has 0 bridgehead atoms. The van der Waals surface area contributed by atoms with E-state index in [0.29, 0.717) is 6.42 Å². The summed E-state index contributed by atoms with van der Waals surface area (Å²) in [6.07, 6.45) is 5.82. The Bertz CT molecular complexity index is 1150. The minimum Gasteiger partial charge on any atom is -0.338 e. The van der Waals surface area contributed by atoms with Gasteiger partial charge in [-0.3, -0.25) is 9.20 Å². The molecule has 4 rings (SSSR count). The van der Waals surface area contributed by atoms with E-state index in [0.717, 1.165) is 39.5 Å². The van der Waals surface area contributed by atoms with Crippen LogP contribution in [-0.2, 0) is 4.79 Å². The molecule has 0 aliphatic rings. The molecular weight excluding hydrogens is 350 g/mol. The minimum absolute atomic E-state index is 0.0131. The van der Waals surface area contributed by atoms with Gasteiger partial charge >= 0.3 is 0 Å². The van der Waals surface area contributed by atoms with Gasteiger partial charge < -0.3 is 10.6 Å². The summed E-state index contributed by atoms with van der Waals surface area (Å²) in [5, 5.41) is 6.29. The second kappa shape index (κ2) is 7.52. The number of hydrogen-bond acceptors (Lipinski definition) is 4. The van der Waals surface area contributed by atoms with Gasteiger partial charge in [-0.05, 0) is 30.7 Å². The molecule has 0 aliphatic carbocycles. The van der Waals surface area contributed by atoms with Gasteiger partial charge in [-0.25, -0.2) is 9.97 Å². The molecular formula is C22H21N5O. The van der Waals surface area contributed by atoms with E-state index in [-0.39, 0.29) is 5.91 Å². The first-order chi connectivity index (χ1) is 13.7. The van der Waals surface area contributed by atoms with Crippen molar-refractivity contribution in [3.63, 3.8) is 0 Å². The molecule has 0 spiro atoms. The first kappa shape index (κ1) is 17.7. The first-order valence-corrected chi connectivity index (χ1v) is 9.19. The Morgan fingerprint density at radius 1 is 1.11 bits per heavy atom. The molecule has 0 atom stereocenters. The van der Waals surface area contributed by atoms with Crippen LogP contribution in [0.5, 0.6) is 0 Å². The number of nitrogens with one attached hydrogen (secondary N) is 2. The van der Waals surface area contributed by atoms with Crippen LogP contribution in [0.2, 0.25) is 0 Å². The molecule has 0 unspecified atom stereocenters. The van der Waals surface area contributed by atoms with Crippen molar-refractivity contribution in [2.24, 2.45) is 0 Å². The molecule has 28 heavy (non-hydrogen) atoms. The highest BCUT2D eigenvalue weighted by molar-refractivity contribution is 5.91. The maximum Gasteiger partial charge on any atom is 0.224 e. The smallest absolute Gasteiger partial charge is 0.224 e. The summed E-state index contributed by atoms with van der Waals surface area (Å²) in [5.41, 5.74) is 5.64. The van der Waals surface area contributed by atoms with Crippen LogP contribution < -0.4 is 10.6 Å². The number of carbonyl (C=O) groups excluding carboxylic acids is 1. The zero-order valence-electron chi connectivity index (χ0n) is 15.8. The number of anilines is 3. The van der Waals surface area contributed by atoms with Crippen LogP contribution in [0, 0.1) is 6.92 Å². The number of hydrogen-bond donors (Lipinski definition) is 2.